The third-order valence-electron chi connectivity index (χ3n) is 2.21. The van der Waals surface area contributed by atoms with Crippen molar-refractivity contribution in [3.8, 4) is 0 Å². The lowest BCUT2D eigenvalue weighted by Crippen LogP contribution is -1.92. The fourth-order valence-corrected chi connectivity index (χ4v) is 1.51. The van der Waals surface area contributed by atoms with E-state index in [0.29, 0.717) is 5.82 Å². The van der Waals surface area contributed by atoms with E-state index in [-0.39, 0.29) is 0 Å². The summed E-state index contributed by atoms with van der Waals surface area (Å²) < 4.78 is 0. The Hall–Kier alpha value is -2.16. The first-order valence-corrected chi connectivity index (χ1v) is 4.58. The predicted molar refractivity (Wildman–Crippen MR) is 61.3 cm³/mol. The van der Waals surface area contributed by atoms with Gasteiger partial charge >= 0.3 is 0 Å². The number of fused-ring (bicyclic) bond motifs is 1. The summed E-state index contributed by atoms with van der Waals surface area (Å²) in [6, 6.07) is 7.71. The Morgan fingerprint density at radius 3 is 2.67 bits per heavy atom. The lowest BCUT2D eigenvalue weighted by atomic mass is 10.1. The number of nitrogens with two attached hydrogens (primary N) is 1. The molecule has 3 heteroatoms. The van der Waals surface area contributed by atoms with Crippen LogP contribution in [0.15, 0.2) is 36.5 Å². The highest BCUT2D eigenvalue weighted by Crippen LogP contribution is 2.22. The maximum absolute atomic E-state index is 10.2. The normalized spacial score (nSPS) is 10.9. The van der Waals surface area contributed by atoms with Gasteiger partial charge in [-0.25, -0.2) is 4.98 Å². The first-order valence-electron chi connectivity index (χ1n) is 4.58. The van der Waals surface area contributed by atoms with E-state index in [9.17, 15) is 4.79 Å². The van der Waals surface area contributed by atoms with E-state index in [0.717, 1.165) is 22.6 Å². The molecule has 0 unspecified atom stereocenters. The van der Waals surface area contributed by atoms with Crippen LogP contribution < -0.4 is 5.73 Å². The molecular weight excluding hydrogens is 188 g/mol. The molecule has 0 saturated carbocycles. The van der Waals surface area contributed by atoms with E-state index >= 15 is 0 Å². The molecule has 1 aromatic carbocycles. The van der Waals surface area contributed by atoms with Gasteiger partial charge in [0.05, 0.1) is 0 Å². The van der Waals surface area contributed by atoms with Crippen molar-refractivity contribution in [2.75, 3.05) is 5.73 Å². The third kappa shape index (κ3) is 1.72. The molecule has 2 rings (SSSR count). The van der Waals surface area contributed by atoms with E-state index in [1.165, 1.54) is 6.08 Å². The minimum Gasteiger partial charge on any atom is -0.383 e. The molecule has 15 heavy (non-hydrogen) atoms. The van der Waals surface area contributed by atoms with Gasteiger partial charge < -0.3 is 5.73 Å². The minimum atomic E-state index is 0.508. The van der Waals surface area contributed by atoms with Crippen molar-refractivity contribution < 1.29 is 4.79 Å². The number of anilines is 1. The number of allylic oxidation sites excluding steroid dienone is 1. The average Bonchev–Trinajstić information content (AvgIpc) is 2.29. The van der Waals surface area contributed by atoms with E-state index in [1.54, 1.807) is 12.3 Å². The number of hydrogen-bond donors (Lipinski definition) is 1. The molecule has 0 amide bonds. The van der Waals surface area contributed by atoms with E-state index in [2.05, 4.69) is 4.98 Å². The smallest absolute Gasteiger partial charge is 0.142 e. The van der Waals surface area contributed by atoms with Crippen LogP contribution in [-0.2, 0) is 4.79 Å². The molecular formula is C12H10N2O. The zero-order valence-corrected chi connectivity index (χ0v) is 8.05. The van der Waals surface area contributed by atoms with Crippen LogP contribution in [0.4, 0.5) is 5.82 Å². The van der Waals surface area contributed by atoms with Crippen molar-refractivity contribution in [2.24, 2.45) is 0 Å². The summed E-state index contributed by atoms with van der Waals surface area (Å²) in [6.07, 6.45) is 5.57. The van der Waals surface area contributed by atoms with Gasteiger partial charge in [0.2, 0.25) is 0 Å². The van der Waals surface area contributed by atoms with Crippen LogP contribution in [0.5, 0.6) is 0 Å². The Bertz CT molecular complexity index is 532. The van der Waals surface area contributed by atoms with Crippen molar-refractivity contribution >= 4 is 29.0 Å². The van der Waals surface area contributed by atoms with Crippen LogP contribution in [0.1, 0.15) is 5.56 Å². The van der Waals surface area contributed by atoms with E-state index < -0.39 is 0 Å². The second-order valence-corrected chi connectivity index (χ2v) is 3.14. The zero-order valence-electron chi connectivity index (χ0n) is 8.05. The van der Waals surface area contributed by atoms with Crippen LogP contribution in [0, 0.1) is 0 Å². The molecule has 0 radical (unpaired) electrons. The van der Waals surface area contributed by atoms with Gasteiger partial charge in [-0.05, 0) is 17.5 Å². The van der Waals surface area contributed by atoms with Crippen molar-refractivity contribution in [3.05, 3.63) is 42.1 Å². The molecule has 2 N–H and O–H groups in total. The standard InChI is InChI=1S/C12H10N2O/c13-12-11-6-2-1-5-10(11)9(8-14-12)4-3-7-15/h1-8H,(H2,13,14). The molecule has 0 spiro atoms. The highest BCUT2D eigenvalue weighted by atomic mass is 16.1. The van der Waals surface area contributed by atoms with Gasteiger partial charge in [0.1, 0.15) is 12.1 Å². The third-order valence-corrected chi connectivity index (χ3v) is 2.21. The van der Waals surface area contributed by atoms with Gasteiger partial charge in [-0.2, -0.15) is 0 Å². The van der Waals surface area contributed by atoms with Crippen LogP contribution in [-0.4, -0.2) is 11.3 Å². The van der Waals surface area contributed by atoms with Gasteiger partial charge in [0, 0.05) is 17.1 Å². The van der Waals surface area contributed by atoms with Gasteiger partial charge in [-0.3, -0.25) is 4.79 Å². The first kappa shape index (κ1) is 9.40. The molecule has 0 atom stereocenters. The molecule has 2 aromatic rings. The van der Waals surface area contributed by atoms with E-state index in [4.69, 9.17) is 5.73 Å². The Labute approximate surface area is 87.2 Å². The number of carbonyl (C=O) groups is 1. The average molecular weight is 198 g/mol. The SMILES string of the molecule is Nc1ncc(C=CC=O)c2ccccc12. The summed E-state index contributed by atoms with van der Waals surface area (Å²) in [5, 5.41) is 1.91. The Balaban J connectivity index is 2.71. The Kier molecular flexibility index (Phi) is 2.46. The van der Waals surface area contributed by atoms with E-state index in [1.807, 2.05) is 24.3 Å². The first-order chi connectivity index (χ1) is 7.33. The lowest BCUT2D eigenvalue weighted by Gasteiger charge is -2.03. The number of carbonyl (C=O) groups excluding carboxylic acids is 1. The number of hydrogen-bond acceptors (Lipinski definition) is 3. The molecule has 0 aliphatic rings. The number of rotatable bonds is 2. The summed E-state index contributed by atoms with van der Waals surface area (Å²) in [7, 11) is 0. The van der Waals surface area contributed by atoms with Gasteiger partial charge in [0.15, 0.2) is 0 Å². The second kappa shape index (κ2) is 3.92. The minimum absolute atomic E-state index is 0.508. The van der Waals surface area contributed by atoms with Crippen LogP contribution in [0.2, 0.25) is 0 Å². The number of nitrogen functional groups attached to an aromatic ring is 1. The number of nitrogens with zero attached hydrogens (tertiary/aromatic N) is 1. The fourth-order valence-electron chi connectivity index (χ4n) is 1.51. The Morgan fingerprint density at radius 2 is 1.93 bits per heavy atom. The summed E-state index contributed by atoms with van der Waals surface area (Å²) in [5.41, 5.74) is 6.64. The number of pyridine rings is 1. The van der Waals surface area contributed by atoms with Crippen LogP contribution >= 0.6 is 0 Å². The molecule has 0 bridgehead atoms. The number of benzene rings is 1. The maximum Gasteiger partial charge on any atom is 0.142 e. The monoisotopic (exact) mass is 198 g/mol. The summed E-state index contributed by atoms with van der Waals surface area (Å²) >= 11 is 0. The quantitative estimate of drug-likeness (QED) is 0.593. The molecule has 0 aliphatic heterocycles. The Morgan fingerprint density at radius 1 is 1.20 bits per heavy atom. The van der Waals surface area contributed by atoms with Crippen molar-refractivity contribution in [1.29, 1.82) is 0 Å². The molecule has 0 aliphatic carbocycles. The topological polar surface area (TPSA) is 56.0 Å². The van der Waals surface area contributed by atoms with Crippen molar-refractivity contribution in [2.45, 2.75) is 0 Å². The van der Waals surface area contributed by atoms with Crippen molar-refractivity contribution in [3.63, 3.8) is 0 Å². The predicted octanol–water partition coefficient (Wildman–Crippen LogP) is 2.03. The number of aldehydes is 1. The molecule has 1 aromatic heterocycles. The van der Waals surface area contributed by atoms with Crippen molar-refractivity contribution in [1.82, 2.24) is 4.98 Å². The summed E-state index contributed by atoms with van der Waals surface area (Å²) in [4.78, 5) is 14.3. The van der Waals surface area contributed by atoms with Crippen LogP contribution in [0.3, 0.4) is 0 Å². The highest BCUT2D eigenvalue weighted by Gasteiger charge is 2.01. The molecule has 3 nitrogen and oxygen atoms in total. The lowest BCUT2D eigenvalue weighted by molar-refractivity contribution is -0.104. The van der Waals surface area contributed by atoms with Crippen LogP contribution in [0.25, 0.3) is 16.8 Å². The van der Waals surface area contributed by atoms with Gasteiger partial charge in [-0.15, -0.1) is 0 Å². The maximum atomic E-state index is 10.2. The zero-order chi connectivity index (χ0) is 10.7. The number of aromatic nitrogens is 1. The fraction of sp³-hybridized carbons (Fsp3) is 0. The summed E-state index contributed by atoms with van der Waals surface area (Å²) in [6.45, 7) is 0. The molecule has 74 valence electrons. The molecule has 1 heterocycles. The highest BCUT2D eigenvalue weighted by molar-refractivity contribution is 5.97. The second-order valence-electron chi connectivity index (χ2n) is 3.14. The van der Waals surface area contributed by atoms with Gasteiger partial charge in [0.25, 0.3) is 0 Å². The van der Waals surface area contributed by atoms with Gasteiger partial charge in [-0.1, -0.05) is 24.3 Å². The molecule has 0 fully saturated rings. The summed E-state index contributed by atoms with van der Waals surface area (Å²) in [5.74, 6) is 0.508. The molecule has 0 saturated heterocycles. The largest absolute Gasteiger partial charge is 0.383 e.